The zero-order valence-corrected chi connectivity index (χ0v) is 13.7. The van der Waals surface area contributed by atoms with E-state index in [0.717, 1.165) is 27.0 Å². The van der Waals surface area contributed by atoms with E-state index in [2.05, 4.69) is 27.3 Å². The lowest BCUT2D eigenvalue weighted by molar-refractivity contribution is -0.120. The van der Waals surface area contributed by atoms with Crippen molar-refractivity contribution in [3.05, 3.63) is 41.3 Å². The highest BCUT2D eigenvalue weighted by Crippen LogP contribution is 2.22. The summed E-state index contributed by atoms with van der Waals surface area (Å²) in [7, 11) is 0. The van der Waals surface area contributed by atoms with Crippen LogP contribution in [0.1, 0.15) is 18.2 Å². The lowest BCUT2D eigenvalue weighted by Gasteiger charge is -2.02. The van der Waals surface area contributed by atoms with E-state index in [1.54, 1.807) is 40.0 Å². The molecular weight excluding hydrogens is 318 g/mol. The fraction of sp³-hybridized carbons (Fsp3) is 0.286. The maximum absolute atomic E-state index is 12.0. The molecule has 3 rings (SSSR count). The summed E-state index contributed by atoms with van der Waals surface area (Å²) >= 11 is 3.27. The molecule has 0 bridgehead atoms. The number of fused-ring (bicyclic) bond motifs is 1. The molecule has 0 atom stereocenters. The van der Waals surface area contributed by atoms with Gasteiger partial charge in [-0.3, -0.25) is 4.79 Å². The third kappa shape index (κ3) is 3.45. The van der Waals surface area contributed by atoms with Gasteiger partial charge in [0.05, 0.1) is 18.3 Å². The molecule has 0 saturated carbocycles. The number of nitrogens with one attached hydrogen (secondary N) is 1. The minimum Gasteiger partial charge on any atom is -0.351 e. The lowest BCUT2D eigenvalue weighted by atomic mass is 10.3. The molecule has 3 heterocycles. The average molecular weight is 333 g/mol. The number of amides is 1. The van der Waals surface area contributed by atoms with Gasteiger partial charge in [0.15, 0.2) is 5.65 Å². The van der Waals surface area contributed by atoms with Gasteiger partial charge in [-0.05, 0) is 11.8 Å². The smallest absolute Gasteiger partial charge is 0.226 e. The Morgan fingerprint density at radius 1 is 1.50 bits per heavy atom. The molecule has 0 aliphatic carbocycles. The van der Waals surface area contributed by atoms with Gasteiger partial charge in [0.1, 0.15) is 4.34 Å². The molecule has 22 heavy (non-hydrogen) atoms. The second-order valence-corrected chi connectivity index (χ2v) is 6.92. The summed E-state index contributed by atoms with van der Waals surface area (Å²) < 4.78 is 2.70. The number of thioether (sulfide) groups is 1. The van der Waals surface area contributed by atoms with E-state index in [1.807, 2.05) is 17.6 Å². The van der Waals surface area contributed by atoms with Crippen LogP contribution in [0.4, 0.5) is 0 Å². The van der Waals surface area contributed by atoms with E-state index >= 15 is 0 Å². The molecule has 1 amide bonds. The fourth-order valence-corrected chi connectivity index (χ4v) is 3.72. The predicted octanol–water partition coefficient (Wildman–Crippen LogP) is 2.16. The topological polar surface area (TPSA) is 72.2 Å². The predicted molar refractivity (Wildman–Crippen MR) is 87.0 cm³/mol. The van der Waals surface area contributed by atoms with E-state index in [4.69, 9.17) is 0 Å². The summed E-state index contributed by atoms with van der Waals surface area (Å²) in [4.78, 5) is 20.7. The van der Waals surface area contributed by atoms with Crippen molar-refractivity contribution in [2.45, 2.75) is 24.2 Å². The Morgan fingerprint density at radius 2 is 2.41 bits per heavy atom. The Bertz CT molecular complexity index is 782. The third-order valence-electron chi connectivity index (χ3n) is 2.97. The standard InChI is InChI=1S/C14H15N5OS2/c1-2-21-14-18-11(9-22-14)6-12(20)16-7-10-8-17-19-5-3-4-15-13(10)19/h3-5,8-9H,2,6-7H2,1H3,(H,16,20). The maximum Gasteiger partial charge on any atom is 0.226 e. The molecule has 0 unspecified atom stereocenters. The number of rotatable bonds is 6. The minimum atomic E-state index is -0.0476. The van der Waals surface area contributed by atoms with Gasteiger partial charge in [0.2, 0.25) is 5.91 Å². The van der Waals surface area contributed by atoms with Gasteiger partial charge in [-0.25, -0.2) is 14.5 Å². The maximum atomic E-state index is 12.0. The average Bonchev–Trinajstić information content (AvgIpc) is 3.12. The van der Waals surface area contributed by atoms with Crippen LogP contribution in [0, 0.1) is 0 Å². The van der Waals surface area contributed by atoms with Crippen molar-refractivity contribution in [2.75, 3.05) is 5.75 Å². The first-order valence-corrected chi connectivity index (χ1v) is 8.74. The van der Waals surface area contributed by atoms with Gasteiger partial charge < -0.3 is 5.32 Å². The van der Waals surface area contributed by atoms with E-state index in [0.29, 0.717) is 13.0 Å². The van der Waals surface area contributed by atoms with Gasteiger partial charge in [-0.1, -0.05) is 18.7 Å². The van der Waals surface area contributed by atoms with Crippen molar-refractivity contribution in [1.82, 2.24) is 24.9 Å². The molecule has 0 radical (unpaired) electrons. The van der Waals surface area contributed by atoms with Crippen LogP contribution in [-0.2, 0) is 17.8 Å². The molecule has 0 spiro atoms. The van der Waals surface area contributed by atoms with Crippen molar-refractivity contribution in [3.8, 4) is 0 Å². The zero-order valence-electron chi connectivity index (χ0n) is 12.0. The van der Waals surface area contributed by atoms with Crippen LogP contribution in [0.5, 0.6) is 0 Å². The van der Waals surface area contributed by atoms with Crippen molar-refractivity contribution in [2.24, 2.45) is 0 Å². The molecule has 114 valence electrons. The summed E-state index contributed by atoms with van der Waals surface area (Å²) in [5.41, 5.74) is 2.48. The molecule has 8 heteroatoms. The molecule has 0 aliphatic rings. The van der Waals surface area contributed by atoms with Crippen LogP contribution in [0.2, 0.25) is 0 Å². The monoisotopic (exact) mass is 333 g/mol. The first-order chi connectivity index (χ1) is 10.8. The Kier molecular flexibility index (Phi) is 4.69. The molecule has 3 aromatic rings. The number of hydrogen-bond acceptors (Lipinski definition) is 6. The largest absolute Gasteiger partial charge is 0.351 e. The van der Waals surface area contributed by atoms with Crippen molar-refractivity contribution >= 4 is 34.7 Å². The normalized spacial score (nSPS) is 11.0. The van der Waals surface area contributed by atoms with Crippen LogP contribution in [-0.4, -0.2) is 31.2 Å². The van der Waals surface area contributed by atoms with Gasteiger partial charge in [-0.2, -0.15) is 5.10 Å². The van der Waals surface area contributed by atoms with Gasteiger partial charge >= 0.3 is 0 Å². The first-order valence-electron chi connectivity index (χ1n) is 6.87. The van der Waals surface area contributed by atoms with Crippen molar-refractivity contribution < 1.29 is 4.79 Å². The van der Waals surface area contributed by atoms with Crippen LogP contribution in [0.3, 0.4) is 0 Å². The summed E-state index contributed by atoms with van der Waals surface area (Å²) in [6.45, 7) is 2.50. The highest BCUT2D eigenvalue weighted by atomic mass is 32.2. The highest BCUT2D eigenvalue weighted by molar-refractivity contribution is 8.00. The van der Waals surface area contributed by atoms with Crippen molar-refractivity contribution in [1.29, 1.82) is 0 Å². The summed E-state index contributed by atoms with van der Waals surface area (Å²) in [6, 6.07) is 1.82. The van der Waals surface area contributed by atoms with Crippen LogP contribution in [0.25, 0.3) is 5.65 Å². The van der Waals surface area contributed by atoms with E-state index in [1.165, 1.54) is 0 Å². The number of thiazole rings is 1. The molecule has 0 saturated heterocycles. The Morgan fingerprint density at radius 3 is 3.27 bits per heavy atom. The molecule has 1 N–H and O–H groups in total. The quantitative estimate of drug-likeness (QED) is 0.700. The molecule has 3 aromatic heterocycles. The molecule has 6 nitrogen and oxygen atoms in total. The highest BCUT2D eigenvalue weighted by Gasteiger charge is 2.10. The first kappa shape index (κ1) is 15.0. The zero-order chi connectivity index (χ0) is 15.4. The summed E-state index contributed by atoms with van der Waals surface area (Å²) in [6.07, 6.45) is 5.56. The van der Waals surface area contributed by atoms with E-state index < -0.39 is 0 Å². The van der Waals surface area contributed by atoms with Gasteiger partial charge in [-0.15, -0.1) is 11.3 Å². The molecule has 0 aliphatic heterocycles. The van der Waals surface area contributed by atoms with Crippen LogP contribution in [0.15, 0.2) is 34.4 Å². The Balaban J connectivity index is 1.57. The SMILES string of the molecule is CCSc1nc(CC(=O)NCc2cnn3cccnc23)cs1. The third-order valence-corrected chi connectivity index (χ3v) is 4.92. The second kappa shape index (κ2) is 6.89. The number of carbonyl (C=O) groups is 1. The number of nitrogens with zero attached hydrogens (tertiary/aromatic N) is 4. The van der Waals surface area contributed by atoms with Crippen LogP contribution < -0.4 is 5.32 Å². The number of aromatic nitrogens is 4. The number of hydrogen-bond donors (Lipinski definition) is 1. The summed E-state index contributed by atoms with van der Waals surface area (Å²) in [5, 5.41) is 9.03. The fourth-order valence-electron chi connectivity index (χ4n) is 1.98. The van der Waals surface area contributed by atoms with Crippen LogP contribution >= 0.6 is 23.1 Å². The van der Waals surface area contributed by atoms with E-state index in [9.17, 15) is 4.79 Å². The van der Waals surface area contributed by atoms with Gasteiger partial charge in [0, 0.05) is 29.9 Å². The second-order valence-electron chi connectivity index (χ2n) is 4.55. The molecule has 0 aromatic carbocycles. The van der Waals surface area contributed by atoms with E-state index in [-0.39, 0.29) is 5.91 Å². The van der Waals surface area contributed by atoms with Crippen molar-refractivity contribution in [3.63, 3.8) is 0 Å². The van der Waals surface area contributed by atoms with Gasteiger partial charge in [0.25, 0.3) is 0 Å². The Hall–Kier alpha value is -1.93. The summed E-state index contributed by atoms with van der Waals surface area (Å²) in [5.74, 6) is 0.939. The lowest BCUT2D eigenvalue weighted by Crippen LogP contribution is -2.24. The number of carbonyl (C=O) groups excluding carboxylic acids is 1. The minimum absolute atomic E-state index is 0.0476. The Labute approximate surface area is 136 Å². The molecular formula is C14H15N5OS2. The molecule has 0 fully saturated rings.